The fraction of sp³-hybridized carbons (Fsp3) is 0.774. The highest BCUT2D eigenvalue weighted by molar-refractivity contribution is 7.48. The molecule has 0 aromatic heterocycles. The van der Waals surface area contributed by atoms with Gasteiger partial charge in [-0.2, -0.15) is 0 Å². The van der Waals surface area contributed by atoms with E-state index in [9.17, 15) is 33.6 Å². The van der Waals surface area contributed by atoms with Crippen molar-refractivity contribution in [3.05, 3.63) is 12.3 Å². The SMILES string of the molecule is CC(=O)O[C@@H]1[C@@](CF)(COP(=O)(OCOC(=O)C(C)C)OCOC(=O)C(C)C)O[C@@H](N2C=CC(=O)N(COC(=O)C(C)C(C)C)C2C)[C@]1(C)O. The number of hydrogen-bond donors (Lipinski definition) is 1. The highest BCUT2D eigenvalue weighted by Gasteiger charge is 2.66. The number of nitrogens with zero attached hydrogens (tertiary/aromatic N) is 2. The lowest BCUT2D eigenvalue weighted by molar-refractivity contribution is -0.187. The molecule has 1 amide bonds. The Morgan fingerprint density at radius 1 is 0.960 bits per heavy atom. The Labute approximate surface area is 291 Å². The molecule has 2 heterocycles. The first kappa shape index (κ1) is 43.0. The Morgan fingerprint density at radius 3 is 1.96 bits per heavy atom. The quantitative estimate of drug-likeness (QED) is 0.0929. The number of phosphoric ester groups is 1. The minimum atomic E-state index is -4.87. The van der Waals surface area contributed by atoms with Crippen LogP contribution in [0.1, 0.15) is 69.2 Å². The topological polar surface area (TPSA) is 203 Å². The Bertz CT molecular complexity index is 1280. The van der Waals surface area contributed by atoms with E-state index in [2.05, 4.69) is 0 Å². The van der Waals surface area contributed by atoms with E-state index in [-0.39, 0.29) is 5.92 Å². The van der Waals surface area contributed by atoms with E-state index >= 15 is 4.39 Å². The van der Waals surface area contributed by atoms with E-state index in [1.54, 1.807) is 6.92 Å². The van der Waals surface area contributed by atoms with Crippen LogP contribution >= 0.6 is 7.82 Å². The van der Waals surface area contributed by atoms with Gasteiger partial charge >= 0.3 is 31.7 Å². The Hall–Kier alpha value is -3.15. The normalized spacial score (nSPS) is 26.1. The molecule has 0 bridgehead atoms. The molecule has 0 spiro atoms. The Kier molecular flexibility index (Phi) is 15.4. The van der Waals surface area contributed by atoms with E-state index in [1.165, 1.54) is 52.6 Å². The highest BCUT2D eigenvalue weighted by Crippen LogP contribution is 2.52. The van der Waals surface area contributed by atoms with Crippen LogP contribution in [0.4, 0.5) is 4.39 Å². The summed E-state index contributed by atoms with van der Waals surface area (Å²) in [7, 11) is -4.87. The zero-order valence-electron chi connectivity index (χ0n) is 30.1. The monoisotopic (exact) mass is 740 g/mol. The summed E-state index contributed by atoms with van der Waals surface area (Å²) in [4.78, 5) is 63.9. The summed E-state index contributed by atoms with van der Waals surface area (Å²) >= 11 is 0. The predicted molar refractivity (Wildman–Crippen MR) is 169 cm³/mol. The van der Waals surface area contributed by atoms with Crippen molar-refractivity contribution in [2.24, 2.45) is 23.7 Å². The van der Waals surface area contributed by atoms with Crippen LogP contribution < -0.4 is 0 Å². The summed E-state index contributed by atoms with van der Waals surface area (Å²) in [6, 6.07) is 0. The highest BCUT2D eigenvalue weighted by atomic mass is 31.2. The molecule has 0 saturated carbocycles. The Balaban J connectivity index is 2.40. The van der Waals surface area contributed by atoms with E-state index in [1.807, 2.05) is 13.8 Å². The van der Waals surface area contributed by atoms with Gasteiger partial charge in [0.05, 0.1) is 24.4 Å². The molecule has 0 radical (unpaired) electrons. The van der Waals surface area contributed by atoms with Crippen LogP contribution in [-0.4, -0.2) is 108 Å². The molecule has 2 aliphatic rings. The fourth-order valence-corrected chi connectivity index (χ4v) is 5.66. The molecule has 17 nitrogen and oxygen atoms in total. The van der Waals surface area contributed by atoms with Crippen molar-refractivity contribution >= 4 is 37.6 Å². The van der Waals surface area contributed by atoms with Gasteiger partial charge in [0.25, 0.3) is 5.91 Å². The summed E-state index contributed by atoms with van der Waals surface area (Å²) in [6.45, 7) is 10.3. The van der Waals surface area contributed by atoms with Crippen molar-refractivity contribution in [3.63, 3.8) is 0 Å². The number of phosphoric acid groups is 1. The van der Waals surface area contributed by atoms with Crippen LogP contribution in [0.25, 0.3) is 0 Å². The van der Waals surface area contributed by atoms with Crippen LogP contribution in [0.5, 0.6) is 0 Å². The van der Waals surface area contributed by atoms with Crippen molar-refractivity contribution < 1.29 is 75.3 Å². The lowest BCUT2D eigenvalue weighted by Gasteiger charge is -2.44. The second kappa shape index (κ2) is 17.9. The number of esters is 4. The average molecular weight is 741 g/mol. The molecule has 6 atom stereocenters. The number of amides is 1. The van der Waals surface area contributed by atoms with Crippen molar-refractivity contribution in [3.8, 4) is 0 Å². The number of alkyl halides is 1. The molecule has 50 heavy (non-hydrogen) atoms. The summed E-state index contributed by atoms with van der Waals surface area (Å²) in [5, 5.41) is 11.8. The zero-order valence-corrected chi connectivity index (χ0v) is 31.0. The molecule has 19 heteroatoms. The molecular formula is C31H50FN2O15P. The molecule has 0 aliphatic carbocycles. The minimum Gasteiger partial charge on any atom is -0.456 e. The summed E-state index contributed by atoms with van der Waals surface area (Å²) in [5.41, 5.74) is -4.62. The maximum Gasteiger partial charge on any atom is 0.480 e. The summed E-state index contributed by atoms with van der Waals surface area (Å²) in [5.74, 6) is -5.12. The van der Waals surface area contributed by atoms with Gasteiger partial charge in [-0.3, -0.25) is 33.4 Å². The second-order valence-electron chi connectivity index (χ2n) is 13.2. The number of hydrogen-bond acceptors (Lipinski definition) is 16. The van der Waals surface area contributed by atoms with Gasteiger partial charge in [0.15, 0.2) is 24.7 Å². The van der Waals surface area contributed by atoms with Crippen LogP contribution in [0.3, 0.4) is 0 Å². The third-order valence-corrected chi connectivity index (χ3v) is 9.43. The molecular weight excluding hydrogens is 690 g/mol. The smallest absolute Gasteiger partial charge is 0.456 e. The van der Waals surface area contributed by atoms with Crippen molar-refractivity contribution in [2.45, 2.75) is 98.9 Å². The minimum absolute atomic E-state index is 0.0270. The lowest BCUT2D eigenvalue weighted by atomic mass is 9.87. The van der Waals surface area contributed by atoms with E-state index in [0.29, 0.717) is 0 Å². The van der Waals surface area contributed by atoms with Gasteiger partial charge in [0.2, 0.25) is 13.6 Å². The van der Waals surface area contributed by atoms with Crippen molar-refractivity contribution in [1.29, 1.82) is 0 Å². The number of halogens is 1. The van der Waals surface area contributed by atoms with Crippen molar-refractivity contribution in [1.82, 2.24) is 9.80 Å². The molecule has 2 unspecified atom stereocenters. The number of aliphatic hydroxyl groups is 1. The van der Waals surface area contributed by atoms with Crippen LogP contribution in [0.2, 0.25) is 0 Å². The summed E-state index contributed by atoms with van der Waals surface area (Å²) < 4.78 is 71.0. The first-order valence-electron chi connectivity index (χ1n) is 16.1. The van der Waals surface area contributed by atoms with Gasteiger partial charge in [0, 0.05) is 19.2 Å². The number of carbonyl (C=O) groups excluding carboxylic acids is 5. The molecule has 286 valence electrons. The van der Waals surface area contributed by atoms with Gasteiger partial charge in [-0.15, -0.1) is 0 Å². The molecule has 0 aromatic carbocycles. The average Bonchev–Trinajstić information content (AvgIpc) is 3.24. The van der Waals surface area contributed by atoms with Crippen molar-refractivity contribution in [2.75, 3.05) is 33.6 Å². The third-order valence-electron chi connectivity index (χ3n) is 8.14. The van der Waals surface area contributed by atoms with E-state index in [0.717, 1.165) is 17.9 Å². The predicted octanol–water partition coefficient (Wildman–Crippen LogP) is 3.00. The molecule has 1 N–H and O–H groups in total. The molecule has 1 saturated heterocycles. The van der Waals surface area contributed by atoms with Crippen LogP contribution in [0.15, 0.2) is 12.3 Å². The van der Waals surface area contributed by atoms with Crippen LogP contribution in [-0.2, 0) is 65.8 Å². The van der Waals surface area contributed by atoms with Crippen LogP contribution in [0, 0.1) is 23.7 Å². The number of rotatable bonds is 18. The number of ether oxygens (including phenoxy) is 5. The maximum atomic E-state index is 15.2. The summed E-state index contributed by atoms with van der Waals surface area (Å²) in [6.07, 6.45) is -1.98. The van der Waals surface area contributed by atoms with Gasteiger partial charge in [0.1, 0.15) is 18.4 Å². The van der Waals surface area contributed by atoms with Gasteiger partial charge < -0.3 is 33.7 Å². The second-order valence-corrected chi connectivity index (χ2v) is 14.8. The largest absolute Gasteiger partial charge is 0.480 e. The Morgan fingerprint density at radius 2 is 1.50 bits per heavy atom. The first-order valence-corrected chi connectivity index (χ1v) is 17.5. The van der Waals surface area contributed by atoms with Gasteiger partial charge in [-0.1, -0.05) is 48.5 Å². The molecule has 2 aliphatic heterocycles. The van der Waals surface area contributed by atoms with E-state index in [4.69, 9.17) is 37.3 Å². The van der Waals surface area contributed by atoms with Gasteiger partial charge in [-0.25, -0.2) is 18.0 Å². The first-order chi connectivity index (χ1) is 23.1. The third kappa shape index (κ3) is 10.7. The molecule has 2 rings (SSSR count). The maximum absolute atomic E-state index is 15.2. The fourth-order valence-electron chi connectivity index (χ4n) is 4.70. The molecule has 0 aromatic rings. The van der Waals surface area contributed by atoms with E-state index < -0.39 is 119 Å². The molecule has 1 fully saturated rings. The van der Waals surface area contributed by atoms with Gasteiger partial charge in [-0.05, 0) is 19.8 Å². The zero-order chi connectivity index (χ0) is 38.2. The standard InChI is InChI=1S/C31H50FN2O15P/c1-18(2)21(7)27(39)42-15-34-22(8)33(12-11-24(34)36)29-30(10,40)28(48-23(9)35)31(13-32,49-29)14-45-50(41,46-16-43-25(37)19(3)4)47-17-44-26(38)20(5)6/h11-12,18-22,28-29,40H,13-17H2,1-10H3/t21?,22?,28-,29+,30+,31+/m0/s1. The lowest BCUT2D eigenvalue weighted by Crippen LogP contribution is -2.60. The number of carbonyl (C=O) groups is 5.